The molecule has 1 heterocycles. The zero-order valence-corrected chi connectivity index (χ0v) is 10.0. The minimum Gasteiger partial charge on any atom is -0.468 e. The molecule has 0 aromatic heterocycles. The van der Waals surface area contributed by atoms with E-state index in [1.807, 2.05) is 7.05 Å². The lowest BCUT2D eigenvalue weighted by Crippen LogP contribution is -2.48. The van der Waals surface area contributed by atoms with Crippen LogP contribution in [0.3, 0.4) is 0 Å². The predicted molar refractivity (Wildman–Crippen MR) is 58.9 cm³/mol. The lowest BCUT2D eigenvalue weighted by atomic mass is 10.2. The van der Waals surface area contributed by atoms with Crippen LogP contribution in [0.15, 0.2) is 0 Å². The van der Waals surface area contributed by atoms with Crippen molar-refractivity contribution in [2.75, 3.05) is 47.4 Å². The largest absolute Gasteiger partial charge is 0.468 e. The van der Waals surface area contributed by atoms with Crippen molar-refractivity contribution >= 4 is 11.9 Å². The van der Waals surface area contributed by atoms with Gasteiger partial charge in [-0.25, -0.2) is 0 Å². The first kappa shape index (κ1) is 12.9. The summed E-state index contributed by atoms with van der Waals surface area (Å²) in [6, 6.07) is -0.253. The van der Waals surface area contributed by atoms with Crippen molar-refractivity contribution in [2.45, 2.75) is 6.04 Å². The van der Waals surface area contributed by atoms with Crippen LogP contribution in [0.5, 0.6) is 0 Å². The Labute approximate surface area is 95.5 Å². The Morgan fingerprint density at radius 2 is 2.25 bits per heavy atom. The van der Waals surface area contributed by atoms with Crippen molar-refractivity contribution in [3.8, 4) is 0 Å². The van der Waals surface area contributed by atoms with E-state index in [1.165, 1.54) is 12.0 Å². The zero-order chi connectivity index (χ0) is 12.1. The third kappa shape index (κ3) is 3.18. The van der Waals surface area contributed by atoms with Gasteiger partial charge < -0.3 is 19.9 Å². The molecule has 1 N–H and O–H groups in total. The molecular weight excluding hydrogens is 210 g/mol. The molecule has 6 nitrogen and oxygen atoms in total. The third-order valence-corrected chi connectivity index (χ3v) is 2.75. The van der Waals surface area contributed by atoms with Gasteiger partial charge in [-0.3, -0.25) is 9.59 Å². The monoisotopic (exact) mass is 229 g/mol. The molecule has 0 saturated carbocycles. The van der Waals surface area contributed by atoms with Crippen LogP contribution in [0.25, 0.3) is 0 Å². The average Bonchev–Trinajstić information content (AvgIpc) is 2.41. The highest BCUT2D eigenvalue weighted by molar-refractivity contribution is 5.86. The van der Waals surface area contributed by atoms with Gasteiger partial charge in [-0.2, -0.15) is 0 Å². The van der Waals surface area contributed by atoms with Crippen LogP contribution >= 0.6 is 0 Å². The molecule has 0 aliphatic carbocycles. The van der Waals surface area contributed by atoms with Gasteiger partial charge in [-0.15, -0.1) is 0 Å². The van der Waals surface area contributed by atoms with Gasteiger partial charge in [0.2, 0.25) is 5.91 Å². The van der Waals surface area contributed by atoms with Crippen LogP contribution in [0.1, 0.15) is 0 Å². The van der Waals surface area contributed by atoms with Gasteiger partial charge in [0.05, 0.1) is 13.2 Å². The maximum atomic E-state index is 12.0. The van der Waals surface area contributed by atoms with Crippen molar-refractivity contribution in [3.05, 3.63) is 0 Å². The molecule has 1 aliphatic rings. The SMILES string of the molecule is CNC1CN(C)CCN(CC(=O)OC)C1=O. The predicted octanol–water partition coefficient (Wildman–Crippen LogP) is -1.48. The van der Waals surface area contributed by atoms with E-state index in [0.29, 0.717) is 13.1 Å². The summed E-state index contributed by atoms with van der Waals surface area (Å²) in [4.78, 5) is 26.8. The number of carbonyl (C=O) groups is 2. The molecule has 0 aromatic rings. The normalized spacial score (nSPS) is 23.1. The summed E-state index contributed by atoms with van der Waals surface area (Å²) in [6.07, 6.45) is 0. The van der Waals surface area contributed by atoms with Crippen molar-refractivity contribution in [3.63, 3.8) is 0 Å². The second-order valence-electron chi connectivity index (χ2n) is 3.94. The molecular formula is C10H19N3O3. The summed E-state index contributed by atoms with van der Waals surface area (Å²) in [5.41, 5.74) is 0. The fourth-order valence-electron chi connectivity index (χ4n) is 1.70. The molecule has 1 rings (SSSR count). The first-order valence-corrected chi connectivity index (χ1v) is 5.30. The summed E-state index contributed by atoms with van der Waals surface area (Å²) < 4.78 is 4.57. The Morgan fingerprint density at radius 1 is 1.56 bits per heavy atom. The van der Waals surface area contributed by atoms with Crippen molar-refractivity contribution in [1.29, 1.82) is 0 Å². The second-order valence-corrected chi connectivity index (χ2v) is 3.94. The molecule has 0 radical (unpaired) electrons. The molecule has 0 bridgehead atoms. The van der Waals surface area contributed by atoms with E-state index in [2.05, 4.69) is 15.0 Å². The summed E-state index contributed by atoms with van der Waals surface area (Å²) in [6.45, 7) is 2.01. The molecule has 1 saturated heterocycles. The number of rotatable bonds is 3. The number of likely N-dealkylation sites (N-methyl/N-ethyl adjacent to an activating group) is 2. The van der Waals surface area contributed by atoms with E-state index in [0.717, 1.165) is 6.54 Å². The molecule has 1 amide bonds. The van der Waals surface area contributed by atoms with Crippen LogP contribution < -0.4 is 5.32 Å². The van der Waals surface area contributed by atoms with Crippen molar-refractivity contribution < 1.29 is 14.3 Å². The first-order chi connectivity index (χ1) is 7.58. The highest BCUT2D eigenvalue weighted by Gasteiger charge is 2.29. The van der Waals surface area contributed by atoms with Gasteiger partial charge in [0.25, 0.3) is 0 Å². The van der Waals surface area contributed by atoms with Gasteiger partial charge in [0, 0.05) is 19.6 Å². The number of amides is 1. The van der Waals surface area contributed by atoms with E-state index in [4.69, 9.17) is 0 Å². The second kappa shape index (κ2) is 5.81. The number of ether oxygens (including phenoxy) is 1. The van der Waals surface area contributed by atoms with E-state index in [9.17, 15) is 9.59 Å². The summed E-state index contributed by atoms with van der Waals surface area (Å²) in [5, 5.41) is 2.96. The van der Waals surface area contributed by atoms with E-state index in [1.54, 1.807) is 7.05 Å². The van der Waals surface area contributed by atoms with Gasteiger partial charge in [-0.05, 0) is 14.1 Å². The number of methoxy groups -OCH3 is 1. The maximum absolute atomic E-state index is 12.0. The van der Waals surface area contributed by atoms with Crippen LogP contribution in [0, 0.1) is 0 Å². The van der Waals surface area contributed by atoms with Gasteiger partial charge in [0.1, 0.15) is 6.54 Å². The van der Waals surface area contributed by atoms with Crippen LogP contribution in [0.4, 0.5) is 0 Å². The topological polar surface area (TPSA) is 61.9 Å². The molecule has 1 atom stereocenters. The first-order valence-electron chi connectivity index (χ1n) is 5.30. The fraction of sp³-hybridized carbons (Fsp3) is 0.800. The Hall–Kier alpha value is -1.14. The summed E-state index contributed by atoms with van der Waals surface area (Å²) in [5.74, 6) is -0.426. The summed E-state index contributed by atoms with van der Waals surface area (Å²) in [7, 11) is 5.03. The van der Waals surface area contributed by atoms with Crippen LogP contribution in [0.2, 0.25) is 0 Å². The molecule has 0 spiro atoms. The van der Waals surface area contributed by atoms with Crippen LogP contribution in [-0.4, -0.2) is 75.1 Å². The third-order valence-electron chi connectivity index (χ3n) is 2.75. The quantitative estimate of drug-likeness (QED) is 0.598. The van der Waals surface area contributed by atoms with Gasteiger partial charge in [-0.1, -0.05) is 0 Å². The minimum atomic E-state index is -0.382. The minimum absolute atomic E-state index is 0.0291. The van der Waals surface area contributed by atoms with E-state index < -0.39 is 0 Å². The molecule has 6 heteroatoms. The maximum Gasteiger partial charge on any atom is 0.325 e. The fourth-order valence-corrected chi connectivity index (χ4v) is 1.70. The molecule has 0 aromatic carbocycles. The van der Waals surface area contributed by atoms with Crippen LogP contribution in [-0.2, 0) is 14.3 Å². The Balaban J connectivity index is 2.68. The van der Waals surface area contributed by atoms with Crippen molar-refractivity contribution in [1.82, 2.24) is 15.1 Å². The number of esters is 1. The molecule has 1 unspecified atom stereocenters. The average molecular weight is 229 g/mol. The zero-order valence-electron chi connectivity index (χ0n) is 10.0. The molecule has 92 valence electrons. The number of hydrogen-bond donors (Lipinski definition) is 1. The standard InChI is InChI=1S/C10H19N3O3/c1-11-8-6-12(2)4-5-13(10(8)15)7-9(14)16-3/h8,11H,4-7H2,1-3H3. The lowest BCUT2D eigenvalue weighted by Gasteiger charge is -2.22. The highest BCUT2D eigenvalue weighted by Crippen LogP contribution is 2.04. The summed E-state index contributed by atoms with van der Waals surface area (Å²) >= 11 is 0. The smallest absolute Gasteiger partial charge is 0.325 e. The Kier molecular flexibility index (Phi) is 4.70. The van der Waals surface area contributed by atoms with Gasteiger partial charge in [0.15, 0.2) is 0 Å². The molecule has 1 fully saturated rings. The number of hydrogen-bond acceptors (Lipinski definition) is 5. The van der Waals surface area contributed by atoms with Crippen molar-refractivity contribution in [2.24, 2.45) is 0 Å². The van der Waals surface area contributed by atoms with E-state index in [-0.39, 0.29) is 24.5 Å². The Morgan fingerprint density at radius 3 is 2.81 bits per heavy atom. The lowest BCUT2D eigenvalue weighted by molar-refractivity contribution is -0.147. The Bertz CT molecular complexity index is 270. The van der Waals surface area contributed by atoms with Gasteiger partial charge >= 0.3 is 5.97 Å². The number of nitrogens with zero attached hydrogens (tertiary/aromatic N) is 2. The number of nitrogens with one attached hydrogen (secondary N) is 1. The van der Waals surface area contributed by atoms with E-state index >= 15 is 0 Å². The highest BCUT2D eigenvalue weighted by atomic mass is 16.5. The number of carbonyl (C=O) groups excluding carboxylic acids is 2. The molecule has 1 aliphatic heterocycles. The molecule has 16 heavy (non-hydrogen) atoms.